The van der Waals surface area contributed by atoms with Gasteiger partial charge in [0.25, 0.3) is 10.0 Å². The molecule has 3 aromatic rings. The molecule has 10 heteroatoms. The maximum absolute atomic E-state index is 14.6. The Morgan fingerprint density at radius 3 is 2.26 bits per heavy atom. The zero-order valence-electron chi connectivity index (χ0n) is 21.6. The smallest absolute Gasteiger partial charge is 0.264 e. The summed E-state index contributed by atoms with van der Waals surface area (Å²) in [6.07, 6.45) is 3.74. The Balaban J connectivity index is 1.69. The summed E-state index contributed by atoms with van der Waals surface area (Å²) in [7, 11) is -4.22. The van der Waals surface area contributed by atoms with Crippen LogP contribution < -0.4 is 9.62 Å². The molecule has 7 nitrogen and oxygen atoms in total. The van der Waals surface area contributed by atoms with Crippen LogP contribution in [0.1, 0.15) is 38.2 Å². The van der Waals surface area contributed by atoms with Crippen LogP contribution in [-0.4, -0.2) is 43.8 Å². The number of sulfonamides is 1. The number of rotatable bonds is 10. The molecule has 0 unspecified atom stereocenters. The highest BCUT2D eigenvalue weighted by Crippen LogP contribution is 2.31. The van der Waals surface area contributed by atoms with Crippen LogP contribution in [0, 0.1) is 5.82 Å². The fourth-order valence-electron chi connectivity index (χ4n) is 4.67. The van der Waals surface area contributed by atoms with Crippen molar-refractivity contribution in [1.29, 1.82) is 0 Å². The van der Waals surface area contributed by atoms with E-state index in [2.05, 4.69) is 5.32 Å². The first kappa shape index (κ1) is 28.6. The molecule has 0 saturated heterocycles. The van der Waals surface area contributed by atoms with Gasteiger partial charge in [0.05, 0.1) is 15.6 Å². The summed E-state index contributed by atoms with van der Waals surface area (Å²) in [4.78, 5) is 28.3. The lowest BCUT2D eigenvalue weighted by molar-refractivity contribution is -0.139. The van der Waals surface area contributed by atoms with Crippen molar-refractivity contribution in [2.24, 2.45) is 0 Å². The molecule has 206 valence electrons. The minimum absolute atomic E-state index is 0.0171. The average Bonchev–Trinajstić information content (AvgIpc) is 3.45. The zero-order chi connectivity index (χ0) is 28.0. The van der Waals surface area contributed by atoms with Crippen molar-refractivity contribution in [3.8, 4) is 0 Å². The molecule has 39 heavy (non-hydrogen) atoms. The van der Waals surface area contributed by atoms with Crippen LogP contribution in [0.4, 0.5) is 10.1 Å². The van der Waals surface area contributed by atoms with E-state index >= 15 is 0 Å². The van der Waals surface area contributed by atoms with Gasteiger partial charge in [0.2, 0.25) is 11.8 Å². The topological polar surface area (TPSA) is 86.8 Å². The maximum Gasteiger partial charge on any atom is 0.264 e. The van der Waals surface area contributed by atoms with E-state index in [1.807, 2.05) is 0 Å². The Morgan fingerprint density at radius 2 is 1.59 bits per heavy atom. The van der Waals surface area contributed by atoms with Crippen LogP contribution in [0.25, 0.3) is 0 Å². The number of anilines is 1. The summed E-state index contributed by atoms with van der Waals surface area (Å²) in [5, 5.41) is 3.12. The van der Waals surface area contributed by atoms with Crippen molar-refractivity contribution in [3.05, 3.63) is 95.3 Å². The molecule has 1 aliphatic rings. The van der Waals surface area contributed by atoms with Crippen LogP contribution in [0.5, 0.6) is 0 Å². The third-order valence-corrected chi connectivity index (χ3v) is 8.99. The number of halogens is 2. The first-order valence-electron chi connectivity index (χ1n) is 12.8. The monoisotopic (exact) mass is 571 g/mol. The number of nitrogens with one attached hydrogen (secondary N) is 1. The van der Waals surface area contributed by atoms with Crippen LogP contribution >= 0.6 is 11.6 Å². The molecule has 1 aliphatic carbocycles. The molecule has 0 aliphatic heterocycles. The van der Waals surface area contributed by atoms with Gasteiger partial charge in [0, 0.05) is 18.2 Å². The zero-order valence-corrected chi connectivity index (χ0v) is 23.2. The predicted octanol–water partition coefficient (Wildman–Crippen LogP) is 5.15. The van der Waals surface area contributed by atoms with Gasteiger partial charge in [0.1, 0.15) is 18.4 Å². The third-order valence-electron chi connectivity index (χ3n) is 6.90. The Hall–Kier alpha value is -3.43. The van der Waals surface area contributed by atoms with Gasteiger partial charge in [-0.1, -0.05) is 73.0 Å². The molecule has 0 aromatic heterocycles. The van der Waals surface area contributed by atoms with E-state index in [4.69, 9.17) is 11.6 Å². The molecule has 1 saturated carbocycles. The van der Waals surface area contributed by atoms with Gasteiger partial charge >= 0.3 is 0 Å². The van der Waals surface area contributed by atoms with Gasteiger partial charge in [-0.05, 0) is 50.1 Å². The molecular formula is C29H31ClFN3O4S. The van der Waals surface area contributed by atoms with E-state index in [1.54, 1.807) is 43.3 Å². The standard InChI is InChI=1S/C29H31ClFN3O4S/c1-21(29(36)32-23-12-6-7-13-23)33(19-22-11-5-9-17-26(22)31)28(35)20-34(27-18-10-8-16-25(27)30)39(37,38)24-14-3-2-4-15-24/h2-5,8-11,14-18,21,23H,6-7,12-13,19-20H2,1H3,(H,32,36)/t21-/m1/s1. The number of para-hydroxylation sites is 1. The normalized spacial score (nSPS) is 14.5. The van der Waals surface area contributed by atoms with Crippen LogP contribution in [-0.2, 0) is 26.2 Å². The van der Waals surface area contributed by atoms with Crippen molar-refractivity contribution in [2.45, 2.75) is 56.1 Å². The lowest BCUT2D eigenvalue weighted by Gasteiger charge is -2.32. The van der Waals surface area contributed by atoms with Crippen molar-refractivity contribution in [2.75, 3.05) is 10.8 Å². The number of benzene rings is 3. The first-order chi connectivity index (χ1) is 18.7. The summed E-state index contributed by atoms with van der Waals surface area (Å²) in [5.41, 5.74) is 0.326. The van der Waals surface area contributed by atoms with E-state index in [-0.39, 0.29) is 39.7 Å². The summed E-state index contributed by atoms with van der Waals surface area (Å²) >= 11 is 6.39. The van der Waals surface area contributed by atoms with Crippen molar-refractivity contribution in [3.63, 3.8) is 0 Å². The van der Waals surface area contributed by atoms with Crippen LogP contribution in [0.15, 0.2) is 83.8 Å². The van der Waals surface area contributed by atoms with Crippen molar-refractivity contribution in [1.82, 2.24) is 10.2 Å². The van der Waals surface area contributed by atoms with Crippen molar-refractivity contribution < 1.29 is 22.4 Å². The second-order valence-corrected chi connectivity index (χ2v) is 11.8. The Labute approximate surface area is 233 Å². The molecule has 4 rings (SSSR count). The fraction of sp³-hybridized carbons (Fsp3) is 0.310. The van der Waals surface area contributed by atoms with Gasteiger partial charge in [-0.25, -0.2) is 12.8 Å². The Kier molecular flexibility index (Phi) is 9.24. The van der Waals surface area contributed by atoms with Gasteiger partial charge in [-0.2, -0.15) is 0 Å². The van der Waals surface area contributed by atoms with Gasteiger partial charge in [-0.15, -0.1) is 0 Å². The molecule has 0 bridgehead atoms. The van der Waals surface area contributed by atoms with E-state index in [9.17, 15) is 22.4 Å². The average molecular weight is 572 g/mol. The number of carbonyl (C=O) groups is 2. The number of amides is 2. The minimum Gasteiger partial charge on any atom is -0.352 e. The Bertz CT molecular complexity index is 1410. The number of hydrogen-bond donors (Lipinski definition) is 1. The SMILES string of the molecule is C[C@H](C(=O)NC1CCCC1)N(Cc1ccccc1F)C(=O)CN(c1ccccc1Cl)S(=O)(=O)c1ccccc1. The van der Waals surface area contributed by atoms with Crippen LogP contribution in [0.3, 0.4) is 0 Å². The lowest BCUT2D eigenvalue weighted by Crippen LogP contribution is -2.52. The summed E-state index contributed by atoms with van der Waals surface area (Å²) in [6, 6.07) is 19.0. The number of carbonyl (C=O) groups excluding carboxylic acids is 2. The molecule has 0 spiro atoms. The molecule has 1 N–H and O–H groups in total. The molecular weight excluding hydrogens is 541 g/mol. The van der Waals surface area contributed by atoms with Gasteiger partial charge < -0.3 is 10.2 Å². The minimum atomic E-state index is -4.22. The fourth-order valence-corrected chi connectivity index (χ4v) is 6.41. The summed E-state index contributed by atoms with van der Waals surface area (Å²) in [6.45, 7) is 0.706. The molecule has 2 amide bonds. The van der Waals surface area contributed by atoms with Gasteiger partial charge in [-0.3, -0.25) is 13.9 Å². The molecule has 0 radical (unpaired) electrons. The largest absolute Gasteiger partial charge is 0.352 e. The number of hydrogen-bond acceptors (Lipinski definition) is 4. The lowest BCUT2D eigenvalue weighted by atomic mass is 10.1. The summed E-state index contributed by atoms with van der Waals surface area (Å²) < 4.78 is 43.1. The van der Waals surface area contributed by atoms with Crippen molar-refractivity contribution >= 4 is 39.1 Å². The Morgan fingerprint density at radius 1 is 0.974 bits per heavy atom. The quantitative estimate of drug-likeness (QED) is 0.365. The highest BCUT2D eigenvalue weighted by atomic mass is 35.5. The second kappa shape index (κ2) is 12.6. The van der Waals surface area contributed by atoms with E-state index in [0.717, 1.165) is 30.0 Å². The highest BCUT2D eigenvalue weighted by molar-refractivity contribution is 7.92. The van der Waals surface area contributed by atoms with Crippen LogP contribution in [0.2, 0.25) is 5.02 Å². The summed E-state index contributed by atoms with van der Waals surface area (Å²) in [5.74, 6) is -1.58. The molecule has 0 heterocycles. The molecule has 3 aromatic carbocycles. The molecule has 1 atom stereocenters. The predicted molar refractivity (Wildman–Crippen MR) is 149 cm³/mol. The van der Waals surface area contributed by atoms with E-state index < -0.39 is 34.3 Å². The second-order valence-electron chi connectivity index (χ2n) is 9.56. The first-order valence-corrected chi connectivity index (χ1v) is 14.7. The van der Waals surface area contributed by atoms with E-state index in [1.165, 1.54) is 47.4 Å². The number of nitrogens with zero attached hydrogens (tertiary/aromatic N) is 2. The highest BCUT2D eigenvalue weighted by Gasteiger charge is 2.34. The van der Waals surface area contributed by atoms with E-state index in [0.29, 0.717) is 0 Å². The third kappa shape index (κ3) is 6.78. The maximum atomic E-state index is 14.6. The molecule has 1 fully saturated rings. The van der Waals surface area contributed by atoms with Gasteiger partial charge in [0.15, 0.2) is 0 Å².